The molecule has 2 unspecified atom stereocenters. The van der Waals surface area contributed by atoms with Gasteiger partial charge in [0.1, 0.15) is 0 Å². The summed E-state index contributed by atoms with van der Waals surface area (Å²) in [7, 11) is 0. The summed E-state index contributed by atoms with van der Waals surface area (Å²) in [4.78, 5) is 0. The Bertz CT molecular complexity index is 99.7. The minimum Gasteiger partial charge on any atom is -0.316 e. The zero-order valence-electron chi connectivity index (χ0n) is 7.60. The molecule has 0 aromatic carbocycles. The van der Waals surface area contributed by atoms with Gasteiger partial charge in [0.15, 0.2) is 0 Å². The van der Waals surface area contributed by atoms with Gasteiger partial charge in [-0.15, -0.1) is 0 Å². The van der Waals surface area contributed by atoms with Crippen molar-refractivity contribution in [2.24, 2.45) is 0 Å². The van der Waals surface area contributed by atoms with Crippen LogP contribution in [0.15, 0.2) is 0 Å². The lowest BCUT2D eigenvalue weighted by molar-refractivity contribution is 0.530. The fourth-order valence-corrected chi connectivity index (χ4v) is 2.73. The minimum atomic E-state index is 0.847. The lowest BCUT2D eigenvalue weighted by atomic mass is 10.2. The third-order valence-corrected chi connectivity index (χ3v) is 3.84. The van der Waals surface area contributed by atoms with Gasteiger partial charge in [0.05, 0.1) is 0 Å². The maximum absolute atomic E-state index is 3.44. The SMILES string of the molecule is CCC(C)SC1CCCNC1. The molecule has 1 aliphatic rings. The van der Waals surface area contributed by atoms with Crippen molar-refractivity contribution in [3.63, 3.8) is 0 Å². The van der Waals surface area contributed by atoms with Crippen LogP contribution in [0.1, 0.15) is 33.1 Å². The van der Waals surface area contributed by atoms with Crippen molar-refractivity contribution >= 4 is 11.8 Å². The molecular weight excluding hydrogens is 154 g/mol. The Morgan fingerprint density at radius 3 is 3.00 bits per heavy atom. The van der Waals surface area contributed by atoms with Crippen LogP contribution in [0.3, 0.4) is 0 Å². The first-order valence-electron chi connectivity index (χ1n) is 4.69. The van der Waals surface area contributed by atoms with E-state index in [-0.39, 0.29) is 0 Å². The zero-order chi connectivity index (χ0) is 8.10. The second-order valence-electron chi connectivity index (χ2n) is 3.32. The molecule has 1 saturated heterocycles. The van der Waals surface area contributed by atoms with Crippen LogP contribution in [0.4, 0.5) is 0 Å². The molecule has 2 atom stereocenters. The van der Waals surface area contributed by atoms with Crippen LogP contribution < -0.4 is 5.32 Å². The van der Waals surface area contributed by atoms with E-state index in [9.17, 15) is 0 Å². The van der Waals surface area contributed by atoms with E-state index in [0.29, 0.717) is 0 Å². The molecule has 0 aromatic rings. The Morgan fingerprint density at radius 2 is 2.45 bits per heavy atom. The topological polar surface area (TPSA) is 12.0 Å². The number of rotatable bonds is 3. The highest BCUT2D eigenvalue weighted by atomic mass is 32.2. The predicted octanol–water partition coefficient (Wildman–Crippen LogP) is 2.27. The average Bonchev–Trinajstić information content (AvgIpc) is 2.06. The van der Waals surface area contributed by atoms with Crippen molar-refractivity contribution in [2.45, 2.75) is 43.6 Å². The summed E-state index contributed by atoms with van der Waals surface area (Å²) < 4.78 is 0. The Morgan fingerprint density at radius 1 is 1.64 bits per heavy atom. The second kappa shape index (κ2) is 5.04. The van der Waals surface area contributed by atoms with Gasteiger partial charge in [-0.05, 0) is 25.8 Å². The first kappa shape index (κ1) is 9.40. The van der Waals surface area contributed by atoms with E-state index in [4.69, 9.17) is 0 Å². The first-order chi connectivity index (χ1) is 5.33. The van der Waals surface area contributed by atoms with Crippen LogP contribution in [0.5, 0.6) is 0 Å². The third kappa shape index (κ3) is 3.48. The Hall–Kier alpha value is 0.310. The number of nitrogens with one attached hydrogen (secondary N) is 1. The summed E-state index contributed by atoms with van der Waals surface area (Å²) in [5.74, 6) is 0. The highest BCUT2D eigenvalue weighted by Crippen LogP contribution is 2.24. The van der Waals surface area contributed by atoms with Gasteiger partial charge in [0.25, 0.3) is 0 Å². The fourth-order valence-electron chi connectivity index (χ4n) is 1.36. The van der Waals surface area contributed by atoms with Crippen LogP contribution >= 0.6 is 11.8 Å². The van der Waals surface area contributed by atoms with Crippen molar-refractivity contribution in [3.8, 4) is 0 Å². The minimum absolute atomic E-state index is 0.847. The van der Waals surface area contributed by atoms with E-state index in [2.05, 4.69) is 30.9 Å². The van der Waals surface area contributed by atoms with Crippen LogP contribution in [0.2, 0.25) is 0 Å². The molecule has 1 fully saturated rings. The van der Waals surface area contributed by atoms with Gasteiger partial charge in [-0.2, -0.15) is 11.8 Å². The van der Waals surface area contributed by atoms with Crippen molar-refractivity contribution in [1.29, 1.82) is 0 Å². The molecular formula is C9H19NS. The fraction of sp³-hybridized carbons (Fsp3) is 1.00. The lowest BCUT2D eigenvalue weighted by Crippen LogP contribution is -2.32. The molecule has 2 heteroatoms. The van der Waals surface area contributed by atoms with E-state index in [1.165, 1.54) is 32.4 Å². The summed E-state index contributed by atoms with van der Waals surface area (Å²) >= 11 is 2.16. The molecule has 0 spiro atoms. The Balaban J connectivity index is 2.13. The molecule has 0 radical (unpaired) electrons. The molecule has 0 saturated carbocycles. The summed E-state index contributed by atoms with van der Waals surface area (Å²) in [5, 5.41) is 5.18. The number of hydrogen-bond acceptors (Lipinski definition) is 2. The Kier molecular flexibility index (Phi) is 4.31. The summed E-state index contributed by atoms with van der Waals surface area (Å²) in [6, 6.07) is 0. The van der Waals surface area contributed by atoms with Crippen molar-refractivity contribution in [3.05, 3.63) is 0 Å². The Labute approximate surface area is 74.3 Å². The molecule has 1 nitrogen and oxygen atoms in total. The smallest absolute Gasteiger partial charge is 0.0175 e. The zero-order valence-corrected chi connectivity index (χ0v) is 8.41. The van der Waals surface area contributed by atoms with Gasteiger partial charge < -0.3 is 5.32 Å². The largest absolute Gasteiger partial charge is 0.316 e. The van der Waals surface area contributed by atoms with E-state index in [1.807, 2.05) is 0 Å². The molecule has 66 valence electrons. The maximum Gasteiger partial charge on any atom is 0.0175 e. The highest BCUT2D eigenvalue weighted by Gasteiger charge is 2.15. The second-order valence-corrected chi connectivity index (χ2v) is 5.07. The van der Waals surface area contributed by atoms with Crippen molar-refractivity contribution in [1.82, 2.24) is 5.32 Å². The van der Waals surface area contributed by atoms with E-state index < -0.39 is 0 Å². The summed E-state index contributed by atoms with van der Waals surface area (Å²) in [6.45, 7) is 7.07. The molecule has 0 aromatic heterocycles. The first-order valence-corrected chi connectivity index (χ1v) is 5.63. The van der Waals surface area contributed by atoms with Gasteiger partial charge in [0.2, 0.25) is 0 Å². The van der Waals surface area contributed by atoms with Gasteiger partial charge in [-0.3, -0.25) is 0 Å². The van der Waals surface area contributed by atoms with E-state index >= 15 is 0 Å². The molecule has 11 heavy (non-hydrogen) atoms. The number of piperidine rings is 1. The van der Waals surface area contributed by atoms with Crippen molar-refractivity contribution < 1.29 is 0 Å². The van der Waals surface area contributed by atoms with Crippen LogP contribution in [-0.4, -0.2) is 23.6 Å². The maximum atomic E-state index is 3.44. The molecule has 1 rings (SSSR count). The highest BCUT2D eigenvalue weighted by molar-refractivity contribution is 8.00. The standard InChI is InChI=1S/C9H19NS/c1-3-8(2)11-9-5-4-6-10-7-9/h8-10H,3-7H2,1-2H3. The van der Waals surface area contributed by atoms with Gasteiger partial charge in [-0.25, -0.2) is 0 Å². The van der Waals surface area contributed by atoms with E-state index in [0.717, 1.165) is 10.5 Å². The summed E-state index contributed by atoms with van der Waals surface area (Å²) in [6.07, 6.45) is 4.09. The van der Waals surface area contributed by atoms with E-state index in [1.54, 1.807) is 0 Å². The molecule has 1 aliphatic heterocycles. The number of thioether (sulfide) groups is 1. The van der Waals surface area contributed by atoms with Crippen LogP contribution in [0, 0.1) is 0 Å². The molecule has 0 amide bonds. The van der Waals surface area contributed by atoms with Crippen LogP contribution in [0.25, 0.3) is 0 Å². The molecule has 0 aliphatic carbocycles. The van der Waals surface area contributed by atoms with Gasteiger partial charge >= 0.3 is 0 Å². The van der Waals surface area contributed by atoms with Crippen molar-refractivity contribution in [2.75, 3.05) is 13.1 Å². The van der Waals surface area contributed by atoms with Crippen LogP contribution in [-0.2, 0) is 0 Å². The monoisotopic (exact) mass is 173 g/mol. The lowest BCUT2D eigenvalue weighted by Gasteiger charge is -2.24. The van der Waals surface area contributed by atoms with Gasteiger partial charge in [-0.1, -0.05) is 13.8 Å². The normalized spacial score (nSPS) is 28.4. The van der Waals surface area contributed by atoms with Gasteiger partial charge in [0, 0.05) is 17.0 Å². The molecule has 1 heterocycles. The number of hydrogen-bond donors (Lipinski definition) is 1. The molecule has 1 N–H and O–H groups in total. The third-order valence-electron chi connectivity index (χ3n) is 2.25. The molecule has 0 bridgehead atoms. The average molecular weight is 173 g/mol. The summed E-state index contributed by atoms with van der Waals surface area (Å²) in [5.41, 5.74) is 0. The predicted molar refractivity (Wildman–Crippen MR) is 53.2 cm³/mol. The quantitative estimate of drug-likeness (QED) is 0.702.